The number of rotatable bonds is 5. The maximum atomic E-state index is 11.3. The second-order valence-corrected chi connectivity index (χ2v) is 5.27. The Balaban J connectivity index is 2.10. The van der Waals surface area contributed by atoms with E-state index in [0.717, 1.165) is 0 Å². The number of non-ortho nitro benzene ring substituents is 1. The minimum absolute atomic E-state index is 0.0317. The van der Waals surface area contributed by atoms with Gasteiger partial charge in [0.15, 0.2) is 5.78 Å². The average molecular weight is 350 g/mol. The Kier molecular flexibility index (Phi) is 4.70. The first-order chi connectivity index (χ1) is 9.97. The van der Waals surface area contributed by atoms with Crippen LogP contribution in [0.5, 0.6) is 5.75 Å². The third-order valence-electron chi connectivity index (χ3n) is 2.85. The number of hydrogen-bond donors (Lipinski definition) is 0. The lowest BCUT2D eigenvalue weighted by Crippen LogP contribution is -1.98. The summed E-state index contributed by atoms with van der Waals surface area (Å²) in [5.74, 6) is 0.547. The zero-order chi connectivity index (χ0) is 15.4. The van der Waals surface area contributed by atoms with Gasteiger partial charge in [-0.05, 0) is 46.6 Å². The highest BCUT2D eigenvalue weighted by atomic mass is 79.9. The molecule has 5 nitrogen and oxygen atoms in total. The van der Waals surface area contributed by atoms with Crippen molar-refractivity contribution < 1.29 is 14.5 Å². The number of benzene rings is 2. The Morgan fingerprint density at radius 2 is 2.05 bits per heavy atom. The average Bonchev–Trinajstić information content (AvgIpc) is 2.45. The van der Waals surface area contributed by atoms with Crippen molar-refractivity contribution in [2.45, 2.75) is 13.5 Å². The van der Waals surface area contributed by atoms with Gasteiger partial charge in [-0.25, -0.2) is 0 Å². The van der Waals surface area contributed by atoms with Crippen LogP contribution in [0.4, 0.5) is 5.69 Å². The summed E-state index contributed by atoms with van der Waals surface area (Å²) in [6, 6.07) is 11.3. The van der Waals surface area contributed by atoms with Crippen LogP contribution in [-0.4, -0.2) is 10.7 Å². The van der Waals surface area contributed by atoms with Gasteiger partial charge in [-0.1, -0.05) is 12.1 Å². The summed E-state index contributed by atoms with van der Waals surface area (Å²) in [5, 5.41) is 10.7. The minimum Gasteiger partial charge on any atom is -0.489 e. The lowest BCUT2D eigenvalue weighted by molar-refractivity contribution is -0.384. The number of Topliss-reactive ketones (excluding diaryl/α,β-unsaturated/α-hetero) is 1. The van der Waals surface area contributed by atoms with Crippen molar-refractivity contribution in [1.82, 2.24) is 0 Å². The molecule has 6 heteroatoms. The molecule has 0 bridgehead atoms. The van der Waals surface area contributed by atoms with Gasteiger partial charge in [-0.15, -0.1) is 0 Å². The topological polar surface area (TPSA) is 69.4 Å². The number of carbonyl (C=O) groups is 1. The molecule has 0 fully saturated rings. The number of nitro benzene ring substituents is 1. The summed E-state index contributed by atoms with van der Waals surface area (Å²) in [7, 11) is 0. The fourth-order valence-corrected chi connectivity index (χ4v) is 2.43. The van der Waals surface area contributed by atoms with Crippen molar-refractivity contribution in [3.8, 4) is 5.75 Å². The van der Waals surface area contributed by atoms with Crippen molar-refractivity contribution in [3.05, 3.63) is 68.2 Å². The van der Waals surface area contributed by atoms with E-state index in [9.17, 15) is 14.9 Å². The normalized spacial score (nSPS) is 10.2. The Morgan fingerprint density at radius 1 is 1.29 bits per heavy atom. The van der Waals surface area contributed by atoms with Gasteiger partial charge < -0.3 is 4.74 Å². The molecule has 0 aromatic heterocycles. The second kappa shape index (κ2) is 6.49. The van der Waals surface area contributed by atoms with Gasteiger partial charge in [0.1, 0.15) is 12.4 Å². The molecular weight excluding hydrogens is 338 g/mol. The summed E-state index contributed by atoms with van der Waals surface area (Å²) in [5.41, 5.74) is 1.32. The van der Waals surface area contributed by atoms with Crippen LogP contribution < -0.4 is 4.74 Å². The van der Waals surface area contributed by atoms with E-state index in [1.54, 1.807) is 30.3 Å². The molecule has 0 N–H and O–H groups in total. The van der Waals surface area contributed by atoms with E-state index in [2.05, 4.69) is 15.9 Å². The highest BCUT2D eigenvalue weighted by Gasteiger charge is 2.08. The molecule has 0 saturated carbocycles. The summed E-state index contributed by atoms with van der Waals surface area (Å²) < 4.78 is 6.24. The molecule has 2 aromatic rings. The molecule has 21 heavy (non-hydrogen) atoms. The predicted octanol–water partition coefficient (Wildman–Crippen LogP) is 4.14. The quantitative estimate of drug-likeness (QED) is 0.462. The number of nitro groups is 1. The van der Waals surface area contributed by atoms with E-state index >= 15 is 0 Å². The van der Waals surface area contributed by atoms with Gasteiger partial charge in [0.25, 0.3) is 5.69 Å². The largest absolute Gasteiger partial charge is 0.489 e. The summed E-state index contributed by atoms with van der Waals surface area (Å²) in [4.78, 5) is 21.6. The van der Waals surface area contributed by atoms with Gasteiger partial charge in [0.05, 0.1) is 4.92 Å². The highest BCUT2D eigenvalue weighted by Crippen LogP contribution is 2.24. The van der Waals surface area contributed by atoms with Crippen molar-refractivity contribution >= 4 is 27.4 Å². The monoisotopic (exact) mass is 349 g/mol. The van der Waals surface area contributed by atoms with Crippen LogP contribution in [0.3, 0.4) is 0 Å². The summed E-state index contributed by atoms with van der Waals surface area (Å²) >= 11 is 3.31. The molecule has 0 amide bonds. The fraction of sp³-hybridized carbons (Fsp3) is 0.133. The van der Waals surface area contributed by atoms with Crippen LogP contribution >= 0.6 is 15.9 Å². The third kappa shape index (κ3) is 3.88. The first-order valence-electron chi connectivity index (χ1n) is 6.14. The molecular formula is C15H12BrNO4. The van der Waals surface area contributed by atoms with Gasteiger partial charge in [-0.2, -0.15) is 0 Å². The number of halogens is 1. The van der Waals surface area contributed by atoms with Gasteiger partial charge in [0, 0.05) is 22.2 Å². The summed E-state index contributed by atoms with van der Waals surface area (Å²) in [6.45, 7) is 1.71. The molecule has 2 aromatic carbocycles. The number of carbonyl (C=O) groups excluding carboxylic acids is 1. The number of ketones is 1. The maximum Gasteiger partial charge on any atom is 0.269 e. The van der Waals surface area contributed by atoms with Crippen LogP contribution in [0.2, 0.25) is 0 Å². The molecule has 0 aliphatic rings. The van der Waals surface area contributed by atoms with Gasteiger partial charge >= 0.3 is 0 Å². The first-order valence-corrected chi connectivity index (χ1v) is 6.93. The molecule has 0 radical (unpaired) electrons. The number of hydrogen-bond acceptors (Lipinski definition) is 4. The SMILES string of the molecule is CC(=O)c1ccc(OCc2cccc([N+](=O)[O-])c2)cc1Br. The van der Waals surface area contributed by atoms with E-state index < -0.39 is 4.92 Å². The van der Waals surface area contributed by atoms with Crippen LogP contribution in [0.25, 0.3) is 0 Å². The smallest absolute Gasteiger partial charge is 0.269 e. The third-order valence-corrected chi connectivity index (χ3v) is 3.50. The van der Waals surface area contributed by atoms with Crippen LogP contribution in [0.1, 0.15) is 22.8 Å². The molecule has 2 rings (SSSR count). The molecule has 108 valence electrons. The second-order valence-electron chi connectivity index (χ2n) is 4.41. The summed E-state index contributed by atoms with van der Waals surface area (Å²) in [6.07, 6.45) is 0. The Labute approximate surface area is 129 Å². The zero-order valence-electron chi connectivity index (χ0n) is 11.2. The minimum atomic E-state index is -0.443. The highest BCUT2D eigenvalue weighted by molar-refractivity contribution is 9.10. The molecule has 0 heterocycles. The van der Waals surface area contributed by atoms with Crippen molar-refractivity contribution in [2.24, 2.45) is 0 Å². The van der Waals surface area contributed by atoms with Crippen LogP contribution in [0, 0.1) is 10.1 Å². The Bertz CT molecular complexity index is 700. The van der Waals surface area contributed by atoms with E-state index in [4.69, 9.17) is 4.74 Å². The molecule has 0 aliphatic heterocycles. The zero-order valence-corrected chi connectivity index (χ0v) is 12.8. The Morgan fingerprint density at radius 3 is 2.67 bits per heavy atom. The van der Waals surface area contributed by atoms with E-state index in [0.29, 0.717) is 21.3 Å². The number of ether oxygens (including phenoxy) is 1. The lowest BCUT2D eigenvalue weighted by atomic mass is 10.1. The van der Waals surface area contributed by atoms with E-state index in [1.807, 2.05) is 0 Å². The lowest BCUT2D eigenvalue weighted by Gasteiger charge is -2.08. The maximum absolute atomic E-state index is 11.3. The van der Waals surface area contributed by atoms with Crippen molar-refractivity contribution in [3.63, 3.8) is 0 Å². The molecule has 0 spiro atoms. The fourth-order valence-electron chi connectivity index (χ4n) is 1.80. The van der Waals surface area contributed by atoms with Crippen molar-refractivity contribution in [2.75, 3.05) is 0 Å². The van der Waals surface area contributed by atoms with E-state index in [1.165, 1.54) is 19.1 Å². The van der Waals surface area contributed by atoms with Crippen LogP contribution in [0.15, 0.2) is 46.9 Å². The molecule has 0 saturated heterocycles. The van der Waals surface area contributed by atoms with Gasteiger partial charge in [-0.3, -0.25) is 14.9 Å². The van der Waals surface area contributed by atoms with Crippen molar-refractivity contribution in [1.29, 1.82) is 0 Å². The molecule has 0 aliphatic carbocycles. The number of nitrogens with zero attached hydrogens (tertiary/aromatic N) is 1. The van der Waals surface area contributed by atoms with E-state index in [-0.39, 0.29) is 18.1 Å². The first kappa shape index (κ1) is 15.2. The van der Waals surface area contributed by atoms with Gasteiger partial charge in [0.2, 0.25) is 0 Å². The van der Waals surface area contributed by atoms with Crippen LogP contribution in [-0.2, 0) is 6.61 Å². The molecule has 0 unspecified atom stereocenters. The standard InChI is InChI=1S/C15H12BrNO4/c1-10(18)14-6-5-13(8-15(14)16)21-9-11-3-2-4-12(7-11)17(19)20/h2-8H,9H2,1H3. The Hall–Kier alpha value is -2.21. The predicted molar refractivity (Wildman–Crippen MR) is 81.6 cm³/mol. The molecule has 0 atom stereocenters.